The summed E-state index contributed by atoms with van der Waals surface area (Å²) in [5, 5.41) is 0.771. The monoisotopic (exact) mass is 436 g/mol. The molecule has 4 rings (SSSR count). The van der Waals surface area contributed by atoms with Crippen LogP contribution in [0.1, 0.15) is 44.6 Å². The number of thioether (sulfide) groups is 1. The summed E-state index contributed by atoms with van der Waals surface area (Å²) >= 11 is 1.45. The molecule has 0 N–H and O–H groups in total. The number of carbonyl (C=O) groups excluding carboxylic acids is 1. The van der Waals surface area contributed by atoms with Crippen molar-refractivity contribution in [2.45, 2.75) is 45.1 Å². The zero-order chi connectivity index (χ0) is 21.6. The van der Waals surface area contributed by atoms with Gasteiger partial charge in [-0.15, -0.1) is 0 Å². The third-order valence-corrected chi connectivity index (χ3v) is 6.53. The summed E-state index contributed by atoms with van der Waals surface area (Å²) in [7, 11) is 1.62. The minimum absolute atomic E-state index is 0.0411. The van der Waals surface area contributed by atoms with Crippen LogP contribution >= 0.6 is 11.8 Å². The predicted octanol–water partition coefficient (Wildman–Crippen LogP) is 6.03. The Kier molecular flexibility index (Phi) is 6.97. The first-order chi connectivity index (χ1) is 15.2. The molecule has 0 radical (unpaired) electrons. The van der Waals surface area contributed by atoms with Gasteiger partial charge in [0.2, 0.25) is 0 Å². The van der Waals surface area contributed by atoms with E-state index in [0.29, 0.717) is 23.0 Å². The molecule has 1 amide bonds. The second-order valence-corrected chi connectivity index (χ2v) is 8.66. The summed E-state index contributed by atoms with van der Waals surface area (Å²) in [6, 6.07) is 15.8. The number of carbonyl (C=O) groups is 1. The minimum Gasteiger partial charge on any atom is -0.493 e. The van der Waals surface area contributed by atoms with E-state index in [1.165, 1.54) is 18.2 Å². The molecule has 31 heavy (non-hydrogen) atoms. The van der Waals surface area contributed by atoms with E-state index in [2.05, 4.69) is 0 Å². The summed E-state index contributed by atoms with van der Waals surface area (Å²) < 4.78 is 11.1. The minimum atomic E-state index is 0.0411. The number of hydrogen-bond donors (Lipinski definition) is 0. The maximum Gasteiger partial charge on any atom is 0.267 e. The van der Waals surface area contributed by atoms with Crippen molar-refractivity contribution in [3.05, 3.63) is 59.0 Å². The van der Waals surface area contributed by atoms with Crippen LogP contribution in [0.2, 0.25) is 0 Å². The number of hydrogen-bond acceptors (Lipinski definition) is 5. The molecule has 1 aliphatic heterocycles. The van der Waals surface area contributed by atoms with Crippen molar-refractivity contribution >= 4 is 34.6 Å². The molecule has 2 fully saturated rings. The van der Waals surface area contributed by atoms with Crippen LogP contribution in [-0.2, 0) is 4.79 Å². The molecule has 1 aliphatic carbocycles. The molecule has 0 unspecified atom stereocenters. The van der Waals surface area contributed by atoms with Crippen LogP contribution < -0.4 is 9.47 Å². The van der Waals surface area contributed by atoms with Gasteiger partial charge in [0.25, 0.3) is 5.91 Å². The lowest BCUT2D eigenvalue weighted by atomic mass is 9.94. The van der Waals surface area contributed by atoms with Gasteiger partial charge < -0.3 is 9.47 Å². The average Bonchev–Trinajstić information content (AvgIpc) is 3.10. The largest absolute Gasteiger partial charge is 0.493 e. The number of amidine groups is 1. The van der Waals surface area contributed by atoms with Crippen LogP contribution in [0.25, 0.3) is 6.08 Å². The van der Waals surface area contributed by atoms with E-state index in [1.807, 2.05) is 66.4 Å². The van der Waals surface area contributed by atoms with Gasteiger partial charge in [-0.3, -0.25) is 9.69 Å². The topological polar surface area (TPSA) is 51.1 Å². The fourth-order valence-electron chi connectivity index (χ4n) is 4.04. The van der Waals surface area contributed by atoms with Gasteiger partial charge in [0.15, 0.2) is 16.7 Å². The van der Waals surface area contributed by atoms with Crippen molar-refractivity contribution in [3.63, 3.8) is 0 Å². The number of aliphatic imine (C=N–C) groups is 1. The van der Waals surface area contributed by atoms with Crippen LogP contribution in [0.15, 0.2) is 58.4 Å². The molecule has 2 aromatic carbocycles. The Morgan fingerprint density at radius 3 is 2.58 bits per heavy atom. The molecule has 0 bridgehead atoms. The summed E-state index contributed by atoms with van der Waals surface area (Å²) in [4.78, 5) is 20.9. The zero-order valence-corrected chi connectivity index (χ0v) is 18.9. The van der Waals surface area contributed by atoms with Gasteiger partial charge in [-0.2, -0.15) is 0 Å². The molecule has 0 aromatic heterocycles. The molecular weight excluding hydrogens is 408 g/mol. The number of methoxy groups -OCH3 is 1. The van der Waals surface area contributed by atoms with E-state index < -0.39 is 0 Å². The van der Waals surface area contributed by atoms with Gasteiger partial charge in [0.05, 0.1) is 24.3 Å². The van der Waals surface area contributed by atoms with Gasteiger partial charge in [-0.1, -0.05) is 43.5 Å². The van der Waals surface area contributed by atoms with E-state index in [0.717, 1.165) is 42.1 Å². The summed E-state index contributed by atoms with van der Waals surface area (Å²) in [5.74, 6) is 1.40. The fraction of sp³-hybridized carbons (Fsp3) is 0.360. The second-order valence-electron chi connectivity index (χ2n) is 7.65. The highest BCUT2D eigenvalue weighted by Crippen LogP contribution is 2.39. The lowest BCUT2D eigenvalue weighted by molar-refractivity contribution is -0.124. The molecule has 162 valence electrons. The Morgan fingerprint density at radius 1 is 1.10 bits per heavy atom. The highest BCUT2D eigenvalue weighted by atomic mass is 32.2. The van der Waals surface area contributed by atoms with Gasteiger partial charge in [-0.05, 0) is 67.4 Å². The fourth-order valence-corrected chi connectivity index (χ4v) is 5.10. The Bertz CT molecular complexity index is 982. The maximum atomic E-state index is 13.4. The summed E-state index contributed by atoms with van der Waals surface area (Å²) in [6.45, 7) is 2.51. The summed E-state index contributed by atoms with van der Waals surface area (Å²) in [6.07, 6.45) is 7.55. The number of nitrogens with zero attached hydrogens (tertiary/aromatic N) is 2. The smallest absolute Gasteiger partial charge is 0.267 e. The van der Waals surface area contributed by atoms with Gasteiger partial charge in [0.1, 0.15) is 0 Å². The molecule has 2 aromatic rings. The molecule has 0 spiro atoms. The van der Waals surface area contributed by atoms with Crippen LogP contribution in [0, 0.1) is 0 Å². The maximum absolute atomic E-state index is 13.4. The average molecular weight is 437 g/mol. The van der Waals surface area contributed by atoms with E-state index >= 15 is 0 Å². The Labute approximate surface area is 188 Å². The van der Waals surface area contributed by atoms with Crippen LogP contribution in [0.5, 0.6) is 11.5 Å². The van der Waals surface area contributed by atoms with Gasteiger partial charge in [-0.25, -0.2) is 4.99 Å². The van der Waals surface area contributed by atoms with Crippen molar-refractivity contribution in [2.24, 2.45) is 4.99 Å². The number of rotatable bonds is 6. The lowest BCUT2D eigenvalue weighted by Gasteiger charge is -2.30. The van der Waals surface area contributed by atoms with Crippen LogP contribution in [0.4, 0.5) is 5.69 Å². The van der Waals surface area contributed by atoms with Crippen molar-refractivity contribution in [2.75, 3.05) is 13.7 Å². The molecule has 2 aliphatic rings. The lowest BCUT2D eigenvalue weighted by Crippen LogP contribution is -2.40. The summed E-state index contributed by atoms with van der Waals surface area (Å²) in [5.41, 5.74) is 1.77. The van der Waals surface area contributed by atoms with Crippen LogP contribution in [0.3, 0.4) is 0 Å². The first-order valence-electron chi connectivity index (χ1n) is 10.9. The SMILES string of the molecule is CCOc1ccc(/C=C2/SC(=Nc3ccccc3)N(C3CCCCC3)C2=O)cc1OC. The van der Waals surface area contributed by atoms with Gasteiger partial charge >= 0.3 is 0 Å². The molecule has 1 saturated heterocycles. The third kappa shape index (κ3) is 4.96. The molecule has 0 atom stereocenters. The van der Waals surface area contributed by atoms with E-state index in [4.69, 9.17) is 14.5 Å². The van der Waals surface area contributed by atoms with E-state index in [-0.39, 0.29) is 11.9 Å². The van der Waals surface area contributed by atoms with Crippen molar-refractivity contribution in [3.8, 4) is 11.5 Å². The first kappa shape index (κ1) is 21.5. The Hall–Kier alpha value is -2.73. The molecule has 6 heteroatoms. The Balaban J connectivity index is 1.67. The molecule has 5 nitrogen and oxygen atoms in total. The van der Waals surface area contributed by atoms with E-state index in [1.54, 1.807) is 7.11 Å². The number of ether oxygens (including phenoxy) is 2. The Morgan fingerprint density at radius 2 is 1.87 bits per heavy atom. The standard InChI is InChI=1S/C25H28N2O3S/c1-3-30-21-15-14-18(16-22(21)29-2)17-23-24(28)27(20-12-8-5-9-13-20)25(31-23)26-19-10-6-4-7-11-19/h4,6-7,10-11,14-17,20H,3,5,8-9,12-13H2,1-2H3/b23-17+,26-25?. The van der Waals surface area contributed by atoms with Crippen molar-refractivity contribution in [1.29, 1.82) is 0 Å². The van der Waals surface area contributed by atoms with Crippen molar-refractivity contribution < 1.29 is 14.3 Å². The first-order valence-corrected chi connectivity index (χ1v) is 11.7. The van der Waals surface area contributed by atoms with E-state index in [9.17, 15) is 4.79 Å². The number of amides is 1. The normalized spacial score (nSPS) is 19.9. The second kappa shape index (κ2) is 10.1. The predicted molar refractivity (Wildman–Crippen MR) is 127 cm³/mol. The molecule has 1 saturated carbocycles. The number of para-hydroxylation sites is 1. The quantitative estimate of drug-likeness (QED) is 0.519. The van der Waals surface area contributed by atoms with Gasteiger partial charge in [0, 0.05) is 6.04 Å². The number of benzene rings is 2. The highest BCUT2D eigenvalue weighted by molar-refractivity contribution is 8.18. The molecular formula is C25H28N2O3S. The third-order valence-electron chi connectivity index (χ3n) is 5.54. The van der Waals surface area contributed by atoms with Crippen LogP contribution in [-0.4, -0.2) is 35.7 Å². The van der Waals surface area contributed by atoms with Crippen molar-refractivity contribution in [1.82, 2.24) is 4.90 Å². The highest BCUT2D eigenvalue weighted by Gasteiger charge is 2.38. The zero-order valence-electron chi connectivity index (χ0n) is 18.0. The molecule has 1 heterocycles.